The number of rotatable bonds is 0. The Morgan fingerprint density at radius 2 is 2.08 bits per heavy atom. The van der Waals surface area contributed by atoms with E-state index in [9.17, 15) is 0 Å². The van der Waals surface area contributed by atoms with E-state index in [1.165, 1.54) is 22.3 Å². The van der Waals surface area contributed by atoms with Crippen LogP contribution in [0.15, 0.2) is 46.6 Å². The molecule has 2 aliphatic rings. The number of allylic oxidation sites excluding steroid dienone is 2. The summed E-state index contributed by atoms with van der Waals surface area (Å²) in [5.74, 6) is 0. The van der Waals surface area contributed by atoms with Gasteiger partial charge in [0.1, 0.15) is 0 Å². The highest BCUT2D eigenvalue weighted by Crippen LogP contribution is 2.29. The summed E-state index contributed by atoms with van der Waals surface area (Å²) in [5, 5.41) is 0. The van der Waals surface area contributed by atoms with Crippen LogP contribution in [-0.2, 0) is 6.42 Å². The molecule has 0 atom stereocenters. The van der Waals surface area contributed by atoms with Crippen LogP contribution in [-0.4, -0.2) is 6.21 Å². The highest BCUT2D eigenvalue weighted by Gasteiger charge is 2.15. The van der Waals surface area contributed by atoms with Crippen LogP contribution < -0.4 is 0 Å². The maximum atomic E-state index is 4.16. The molecular formula is C12H9N. The molecule has 62 valence electrons. The fourth-order valence-electron chi connectivity index (χ4n) is 1.85. The van der Waals surface area contributed by atoms with E-state index in [1.54, 1.807) is 0 Å². The van der Waals surface area contributed by atoms with Gasteiger partial charge in [0.05, 0.1) is 0 Å². The van der Waals surface area contributed by atoms with E-state index in [-0.39, 0.29) is 0 Å². The summed E-state index contributed by atoms with van der Waals surface area (Å²) in [5.41, 5.74) is 5.36. The Bertz CT molecular complexity index is 450. The molecule has 1 heterocycles. The molecule has 1 aliphatic carbocycles. The second kappa shape index (κ2) is 2.43. The predicted octanol–water partition coefficient (Wildman–Crippen LogP) is 2.59. The second-order valence-corrected chi connectivity index (χ2v) is 3.41. The quantitative estimate of drug-likeness (QED) is 0.563. The van der Waals surface area contributed by atoms with Crippen molar-refractivity contribution in [2.75, 3.05) is 0 Å². The first-order chi connectivity index (χ1) is 6.43. The standard InChI is InChI=1S/C12H9N/c1-2-4-10-6-12-8-13-7-11(12)5-9(10)3-1/h1-5,7-8H,6H2. The molecular weight excluding hydrogens is 158 g/mol. The molecule has 1 heteroatoms. The summed E-state index contributed by atoms with van der Waals surface area (Å²) in [4.78, 5) is 4.16. The Morgan fingerprint density at radius 3 is 3.08 bits per heavy atom. The number of fused-ring (bicyclic) bond motifs is 2. The summed E-state index contributed by atoms with van der Waals surface area (Å²) in [7, 11) is 0. The smallest absolute Gasteiger partial charge is 0.0344 e. The molecule has 1 aromatic carbocycles. The highest BCUT2D eigenvalue weighted by molar-refractivity contribution is 5.95. The van der Waals surface area contributed by atoms with Crippen molar-refractivity contribution in [2.24, 2.45) is 4.99 Å². The van der Waals surface area contributed by atoms with E-state index in [4.69, 9.17) is 0 Å². The van der Waals surface area contributed by atoms with Gasteiger partial charge in [0, 0.05) is 18.8 Å². The molecule has 0 bridgehead atoms. The molecule has 1 nitrogen and oxygen atoms in total. The number of nitrogens with zero attached hydrogens (tertiary/aromatic N) is 1. The van der Waals surface area contributed by atoms with Crippen molar-refractivity contribution in [1.82, 2.24) is 0 Å². The largest absolute Gasteiger partial charge is 0.264 e. The van der Waals surface area contributed by atoms with E-state index in [2.05, 4.69) is 35.3 Å². The maximum Gasteiger partial charge on any atom is 0.0344 e. The maximum absolute atomic E-state index is 4.16. The van der Waals surface area contributed by atoms with Crippen LogP contribution in [0.5, 0.6) is 0 Å². The third kappa shape index (κ3) is 0.970. The Labute approximate surface area is 77.1 Å². The lowest BCUT2D eigenvalue weighted by Crippen LogP contribution is -2.00. The SMILES string of the molecule is C1=NC=C2Cc3ccccc3C=C12. The summed E-state index contributed by atoms with van der Waals surface area (Å²) in [6.07, 6.45) is 7.14. The van der Waals surface area contributed by atoms with Gasteiger partial charge in [-0.3, -0.25) is 4.99 Å². The number of benzene rings is 1. The average molecular weight is 167 g/mol. The first-order valence-corrected chi connectivity index (χ1v) is 4.46. The van der Waals surface area contributed by atoms with Crippen molar-refractivity contribution in [2.45, 2.75) is 6.42 Å². The molecule has 1 aliphatic heterocycles. The minimum atomic E-state index is 1.03. The Hall–Kier alpha value is -1.63. The van der Waals surface area contributed by atoms with E-state index in [1.807, 2.05) is 12.4 Å². The Balaban J connectivity index is 2.21. The molecule has 0 N–H and O–H groups in total. The zero-order valence-corrected chi connectivity index (χ0v) is 7.20. The van der Waals surface area contributed by atoms with Gasteiger partial charge >= 0.3 is 0 Å². The normalized spacial score (nSPS) is 17.5. The second-order valence-electron chi connectivity index (χ2n) is 3.41. The van der Waals surface area contributed by atoms with Gasteiger partial charge in [0.2, 0.25) is 0 Å². The van der Waals surface area contributed by atoms with Crippen LogP contribution in [0.1, 0.15) is 11.1 Å². The van der Waals surface area contributed by atoms with Crippen LogP contribution in [0.3, 0.4) is 0 Å². The number of aliphatic imine (C=N–C) groups is 1. The Morgan fingerprint density at radius 1 is 1.15 bits per heavy atom. The molecule has 0 amide bonds. The first-order valence-electron chi connectivity index (χ1n) is 4.46. The fourth-order valence-corrected chi connectivity index (χ4v) is 1.85. The molecule has 1 aromatic rings. The molecule has 0 aromatic heterocycles. The summed E-state index contributed by atoms with van der Waals surface area (Å²) in [6, 6.07) is 8.51. The first kappa shape index (κ1) is 6.84. The van der Waals surface area contributed by atoms with Crippen molar-refractivity contribution >= 4 is 12.3 Å². The van der Waals surface area contributed by atoms with E-state index >= 15 is 0 Å². The molecule has 13 heavy (non-hydrogen) atoms. The lowest BCUT2D eigenvalue weighted by Gasteiger charge is -2.13. The number of hydrogen-bond donors (Lipinski definition) is 0. The van der Waals surface area contributed by atoms with Crippen molar-refractivity contribution in [3.05, 3.63) is 52.7 Å². The zero-order chi connectivity index (χ0) is 8.67. The molecule has 0 saturated heterocycles. The highest BCUT2D eigenvalue weighted by atomic mass is 14.7. The minimum Gasteiger partial charge on any atom is -0.264 e. The van der Waals surface area contributed by atoms with Gasteiger partial charge in [-0.05, 0) is 28.3 Å². The zero-order valence-electron chi connectivity index (χ0n) is 7.20. The van der Waals surface area contributed by atoms with Gasteiger partial charge in [-0.25, -0.2) is 0 Å². The lowest BCUT2D eigenvalue weighted by molar-refractivity contribution is 1.16. The average Bonchev–Trinajstić information content (AvgIpc) is 2.61. The van der Waals surface area contributed by atoms with E-state index in [0.717, 1.165) is 6.42 Å². The van der Waals surface area contributed by atoms with Gasteiger partial charge in [-0.15, -0.1) is 0 Å². The fraction of sp³-hybridized carbons (Fsp3) is 0.0833. The van der Waals surface area contributed by atoms with E-state index < -0.39 is 0 Å². The minimum absolute atomic E-state index is 1.03. The number of hydrogen-bond acceptors (Lipinski definition) is 1. The van der Waals surface area contributed by atoms with Crippen LogP contribution in [0.2, 0.25) is 0 Å². The van der Waals surface area contributed by atoms with E-state index in [0.29, 0.717) is 0 Å². The lowest BCUT2D eigenvalue weighted by atomic mass is 9.90. The third-order valence-corrected chi connectivity index (χ3v) is 2.56. The predicted molar refractivity (Wildman–Crippen MR) is 54.7 cm³/mol. The molecule has 0 spiro atoms. The van der Waals surface area contributed by atoms with Crippen LogP contribution >= 0.6 is 0 Å². The summed E-state index contributed by atoms with van der Waals surface area (Å²) < 4.78 is 0. The topological polar surface area (TPSA) is 12.4 Å². The van der Waals surface area contributed by atoms with Gasteiger partial charge in [0.15, 0.2) is 0 Å². The van der Waals surface area contributed by atoms with Crippen molar-refractivity contribution in [3.63, 3.8) is 0 Å². The van der Waals surface area contributed by atoms with Gasteiger partial charge in [-0.2, -0.15) is 0 Å². The summed E-state index contributed by atoms with van der Waals surface area (Å²) in [6.45, 7) is 0. The van der Waals surface area contributed by atoms with Crippen molar-refractivity contribution < 1.29 is 0 Å². The van der Waals surface area contributed by atoms with Crippen molar-refractivity contribution in [3.8, 4) is 0 Å². The molecule has 0 saturated carbocycles. The Kier molecular flexibility index (Phi) is 1.28. The van der Waals surface area contributed by atoms with Crippen LogP contribution in [0, 0.1) is 0 Å². The monoisotopic (exact) mass is 167 g/mol. The third-order valence-electron chi connectivity index (χ3n) is 2.56. The molecule has 0 fully saturated rings. The van der Waals surface area contributed by atoms with Gasteiger partial charge in [0.25, 0.3) is 0 Å². The van der Waals surface area contributed by atoms with Gasteiger partial charge in [-0.1, -0.05) is 24.3 Å². The molecule has 0 radical (unpaired) electrons. The molecule has 0 unspecified atom stereocenters. The van der Waals surface area contributed by atoms with Gasteiger partial charge < -0.3 is 0 Å². The van der Waals surface area contributed by atoms with Crippen molar-refractivity contribution in [1.29, 1.82) is 0 Å². The molecule has 3 rings (SSSR count). The van der Waals surface area contributed by atoms with Crippen LogP contribution in [0.25, 0.3) is 6.08 Å². The summed E-state index contributed by atoms with van der Waals surface area (Å²) >= 11 is 0. The van der Waals surface area contributed by atoms with Crippen LogP contribution in [0.4, 0.5) is 0 Å².